The van der Waals surface area contributed by atoms with Crippen LogP contribution in [0.2, 0.25) is 0 Å². The number of ether oxygens (including phenoxy) is 2. The Morgan fingerprint density at radius 3 is 2.24 bits per heavy atom. The molecule has 3 rings (SSSR count). The van der Waals surface area contributed by atoms with E-state index in [1.165, 1.54) is 6.08 Å². The average Bonchev–Trinajstić information content (AvgIpc) is 3.24. The molecule has 0 spiro atoms. The maximum atomic E-state index is 12.4. The molecule has 0 aliphatic carbocycles. The molecule has 0 saturated carbocycles. The van der Waals surface area contributed by atoms with E-state index >= 15 is 0 Å². The molecule has 34 heavy (non-hydrogen) atoms. The topological polar surface area (TPSA) is 131 Å². The smallest absolute Gasteiger partial charge is 0.268 e. The van der Waals surface area contributed by atoms with Gasteiger partial charge in [-0.3, -0.25) is 10.1 Å². The standard InChI is InChI=1S/C23H22N4O5S2/c1-15-10-16(2)12-20(11-15)32-9-8-31-19-6-4-17(5-7-19)13-18(14-24)21(28)25-22-26-27-23(33-22)34(3,29)30/h4-7,10-13H,8-9H2,1-3H3,(H,25,26,28). The summed E-state index contributed by atoms with van der Waals surface area (Å²) in [5, 5.41) is 18.8. The van der Waals surface area contributed by atoms with Gasteiger partial charge < -0.3 is 9.47 Å². The van der Waals surface area contributed by atoms with E-state index < -0.39 is 15.7 Å². The van der Waals surface area contributed by atoms with Gasteiger partial charge in [-0.15, -0.1) is 10.2 Å². The van der Waals surface area contributed by atoms with Crippen LogP contribution in [0.4, 0.5) is 5.13 Å². The minimum Gasteiger partial charge on any atom is -0.490 e. The molecule has 2 aromatic carbocycles. The predicted molar refractivity (Wildman–Crippen MR) is 129 cm³/mol. The first-order chi connectivity index (χ1) is 16.1. The molecule has 1 amide bonds. The summed E-state index contributed by atoms with van der Waals surface area (Å²) >= 11 is 0.708. The maximum absolute atomic E-state index is 12.4. The number of hydrogen-bond donors (Lipinski definition) is 1. The SMILES string of the molecule is Cc1cc(C)cc(OCCOc2ccc(C=C(C#N)C(=O)Nc3nnc(S(C)(=O)=O)s3)cc2)c1. The van der Waals surface area contributed by atoms with Crippen molar-refractivity contribution in [2.24, 2.45) is 0 Å². The molecule has 0 bridgehead atoms. The fourth-order valence-electron chi connectivity index (χ4n) is 2.89. The summed E-state index contributed by atoms with van der Waals surface area (Å²) < 4.78 is 34.1. The number of nitrogens with one attached hydrogen (secondary N) is 1. The van der Waals surface area contributed by atoms with Gasteiger partial charge in [-0.25, -0.2) is 8.42 Å². The minimum absolute atomic E-state index is 0.0154. The summed E-state index contributed by atoms with van der Waals surface area (Å²) in [4.78, 5) is 12.4. The summed E-state index contributed by atoms with van der Waals surface area (Å²) in [6, 6.07) is 14.7. The Morgan fingerprint density at radius 1 is 1.06 bits per heavy atom. The van der Waals surface area contributed by atoms with Gasteiger partial charge in [0.25, 0.3) is 5.91 Å². The van der Waals surface area contributed by atoms with Gasteiger partial charge in [0, 0.05) is 6.26 Å². The van der Waals surface area contributed by atoms with Gasteiger partial charge in [-0.2, -0.15) is 5.26 Å². The quantitative estimate of drug-likeness (QED) is 0.205. The molecular formula is C23H22N4O5S2. The zero-order chi connectivity index (χ0) is 24.7. The van der Waals surface area contributed by atoms with Crippen molar-refractivity contribution in [3.63, 3.8) is 0 Å². The Morgan fingerprint density at radius 2 is 1.68 bits per heavy atom. The number of rotatable bonds is 9. The van der Waals surface area contributed by atoms with Crippen molar-refractivity contribution < 1.29 is 22.7 Å². The largest absolute Gasteiger partial charge is 0.490 e. The lowest BCUT2D eigenvalue weighted by atomic mass is 10.1. The number of anilines is 1. The highest BCUT2D eigenvalue weighted by molar-refractivity contribution is 7.92. The van der Waals surface area contributed by atoms with Crippen LogP contribution < -0.4 is 14.8 Å². The number of nitriles is 1. The van der Waals surface area contributed by atoms with Gasteiger partial charge in [-0.05, 0) is 60.9 Å². The van der Waals surface area contributed by atoms with Crippen molar-refractivity contribution >= 4 is 38.3 Å². The van der Waals surface area contributed by atoms with E-state index in [1.54, 1.807) is 24.3 Å². The highest BCUT2D eigenvalue weighted by Crippen LogP contribution is 2.21. The Kier molecular flexibility index (Phi) is 7.99. The predicted octanol–water partition coefficient (Wildman–Crippen LogP) is 3.56. The highest BCUT2D eigenvalue weighted by atomic mass is 32.2. The van der Waals surface area contributed by atoms with Crippen LogP contribution >= 0.6 is 11.3 Å². The van der Waals surface area contributed by atoms with Gasteiger partial charge in [0.05, 0.1) is 0 Å². The van der Waals surface area contributed by atoms with E-state index in [-0.39, 0.29) is 15.0 Å². The number of carbonyl (C=O) groups excluding carboxylic acids is 1. The monoisotopic (exact) mass is 498 g/mol. The van der Waals surface area contributed by atoms with Crippen LogP contribution in [0.25, 0.3) is 6.08 Å². The Balaban J connectivity index is 1.55. The molecule has 176 valence electrons. The zero-order valence-electron chi connectivity index (χ0n) is 18.7. The maximum Gasteiger partial charge on any atom is 0.268 e. The lowest BCUT2D eigenvalue weighted by molar-refractivity contribution is -0.112. The number of aromatic nitrogens is 2. The van der Waals surface area contributed by atoms with Gasteiger partial charge in [0.1, 0.15) is 36.4 Å². The van der Waals surface area contributed by atoms with Crippen LogP contribution in [0, 0.1) is 25.2 Å². The van der Waals surface area contributed by atoms with Crippen molar-refractivity contribution in [1.29, 1.82) is 5.26 Å². The Labute approximate surface area is 201 Å². The van der Waals surface area contributed by atoms with E-state index in [2.05, 4.69) is 21.6 Å². The molecule has 0 aliphatic heterocycles. The second-order valence-corrected chi connectivity index (χ2v) is 10.5. The number of hydrogen-bond acceptors (Lipinski definition) is 9. The van der Waals surface area contributed by atoms with Crippen LogP contribution in [0.1, 0.15) is 16.7 Å². The Bertz CT molecular complexity index is 1340. The molecule has 1 aromatic heterocycles. The molecule has 0 unspecified atom stereocenters. The van der Waals surface area contributed by atoms with Gasteiger partial charge >= 0.3 is 0 Å². The van der Waals surface area contributed by atoms with Crippen LogP contribution in [0.15, 0.2) is 52.4 Å². The third-order valence-electron chi connectivity index (χ3n) is 4.32. The molecular weight excluding hydrogens is 476 g/mol. The number of sulfone groups is 1. The van der Waals surface area contributed by atoms with Gasteiger partial charge in [0.15, 0.2) is 0 Å². The molecule has 0 radical (unpaired) electrons. The number of carbonyl (C=O) groups is 1. The normalized spacial score (nSPS) is 11.5. The molecule has 11 heteroatoms. The first-order valence-electron chi connectivity index (χ1n) is 10.0. The summed E-state index contributed by atoms with van der Waals surface area (Å²) in [6.45, 7) is 4.76. The van der Waals surface area contributed by atoms with E-state index in [4.69, 9.17) is 9.47 Å². The number of nitrogens with zero attached hydrogens (tertiary/aromatic N) is 3. The van der Waals surface area contributed by atoms with E-state index in [1.807, 2.05) is 32.0 Å². The third-order valence-corrected chi connectivity index (χ3v) is 6.82. The molecule has 0 aliphatic rings. The first-order valence-corrected chi connectivity index (χ1v) is 12.8. The second-order valence-electron chi connectivity index (χ2n) is 7.36. The second kappa shape index (κ2) is 10.9. The van der Waals surface area contributed by atoms with Gasteiger partial charge in [-0.1, -0.05) is 29.5 Å². The van der Waals surface area contributed by atoms with E-state index in [9.17, 15) is 18.5 Å². The van der Waals surface area contributed by atoms with Crippen molar-refractivity contribution in [2.45, 2.75) is 18.2 Å². The summed E-state index contributed by atoms with van der Waals surface area (Å²) in [5.74, 6) is 0.693. The lowest BCUT2D eigenvalue weighted by Crippen LogP contribution is -2.13. The van der Waals surface area contributed by atoms with Crippen LogP contribution in [-0.4, -0.2) is 44.0 Å². The number of amides is 1. The molecule has 3 aromatic rings. The molecule has 1 N–H and O–H groups in total. The fraction of sp³-hybridized carbons (Fsp3) is 0.217. The minimum atomic E-state index is -3.53. The first kappa shape index (κ1) is 24.9. The van der Waals surface area contributed by atoms with Crippen molar-refractivity contribution in [3.8, 4) is 17.6 Å². The summed E-state index contributed by atoms with van der Waals surface area (Å²) in [5.41, 5.74) is 2.70. The van der Waals surface area contributed by atoms with Crippen molar-refractivity contribution in [3.05, 3.63) is 64.7 Å². The summed E-state index contributed by atoms with van der Waals surface area (Å²) in [6.07, 6.45) is 2.39. The molecule has 0 saturated heterocycles. The molecule has 0 fully saturated rings. The zero-order valence-corrected chi connectivity index (χ0v) is 20.4. The van der Waals surface area contributed by atoms with Crippen LogP contribution in [-0.2, 0) is 14.6 Å². The number of benzene rings is 2. The van der Waals surface area contributed by atoms with Crippen molar-refractivity contribution in [2.75, 3.05) is 24.8 Å². The number of aryl methyl sites for hydroxylation is 2. The molecule has 1 heterocycles. The van der Waals surface area contributed by atoms with Crippen LogP contribution in [0.5, 0.6) is 11.5 Å². The average molecular weight is 499 g/mol. The van der Waals surface area contributed by atoms with Crippen LogP contribution in [0.3, 0.4) is 0 Å². The fourth-order valence-corrected chi connectivity index (χ4v) is 4.39. The highest BCUT2D eigenvalue weighted by Gasteiger charge is 2.17. The van der Waals surface area contributed by atoms with Gasteiger partial charge in [0.2, 0.25) is 19.3 Å². The van der Waals surface area contributed by atoms with Crippen molar-refractivity contribution in [1.82, 2.24) is 10.2 Å². The lowest BCUT2D eigenvalue weighted by Gasteiger charge is -2.10. The molecule has 9 nitrogen and oxygen atoms in total. The molecule has 0 atom stereocenters. The van der Waals surface area contributed by atoms with E-state index in [0.717, 1.165) is 23.1 Å². The summed E-state index contributed by atoms with van der Waals surface area (Å²) in [7, 11) is -3.53. The Hall–Kier alpha value is -3.75. The third kappa shape index (κ3) is 7.13. The van der Waals surface area contributed by atoms with E-state index in [0.29, 0.717) is 35.9 Å².